The number of benzene rings is 1. The maximum atomic E-state index is 4.27. The monoisotopic (exact) mass is 469 g/mol. The van der Waals surface area contributed by atoms with E-state index in [0.717, 1.165) is 34.7 Å². The molecule has 0 saturated carbocycles. The average Bonchev–Trinajstić information content (AvgIpc) is 2.72. The van der Waals surface area contributed by atoms with Crippen LogP contribution in [0, 0.1) is 6.07 Å². The molecule has 0 spiro atoms. The molecular weight excluding hydrogens is 458 g/mol. The molecule has 1 aromatic heterocycles. The topological polar surface area (TPSA) is 30.7 Å². The Morgan fingerprint density at radius 2 is 2.18 bits per heavy atom. The van der Waals surface area contributed by atoms with E-state index < -0.39 is 0 Å². The van der Waals surface area contributed by atoms with Gasteiger partial charge in [-0.1, -0.05) is 20.4 Å². The molecule has 0 bridgehead atoms. The number of rotatable bonds is 1. The van der Waals surface area contributed by atoms with E-state index in [9.17, 15) is 0 Å². The second kappa shape index (κ2) is 5.42. The zero-order chi connectivity index (χ0) is 11.0. The predicted molar refractivity (Wildman–Crippen MR) is 64.9 cm³/mol. The number of hydrogen-bond donors (Lipinski definition) is 0. The summed E-state index contributed by atoms with van der Waals surface area (Å²) in [6, 6.07) is 9.12. The van der Waals surface area contributed by atoms with Gasteiger partial charge in [-0.05, 0) is 12.8 Å². The van der Waals surface area contributed by atoms with E-state index in [4.69, 9.17) is 0 Å². The second-order valence-corrected chi connectivity index (χ2v) is 4.88. The summed E-state index contributed by atoms with van der Waals surface area (Å²) in [4.78, 5) is 0. The van der Waals surface area contributed by atoms with E-state index in [1.807, 2.05) is 18.2 Å². The van der Waals surface area contributed by atoms with E-state index in [2.05, 4.69) is 36.8 Å². The molecule has 0 saturated heterocycles. The van der Waals surface area contributed by atoms with Crippen LogP contribution in [0.25, 0.3) is 11.4 Å². The number of aryl methyl sites for hydroxylation is 1. The van der Waals surface area contributed by atoms with Crippen molar-refractivity contribution in [3.63, 3.8) is 0 Å². The van der Waals surface area contributed by atoms with Crippen molar-refractivity contribution in [1.82, 2.24) is 14.8 Å². The average molecular weight is 469 g/mol. The molecule has 3 rings (SSSR count). The fraction of sp³-hybridized carbons (Fsp3) is 0.333. The number of nitrogens with zero attached hydrogens (tertiary/aromatic N) is 3. The fourth-order valence-corrected chi connectivity index (χ4v) is 2.44. The molecular formula is C12H11BrIrN3-. The van der Waals surface area contributed by atoms with Gasteiger partial charge in [-0.25, -0.2) is 0 Å². The molecule has 1 aromatic carbocycles. The molecule has 0 fully saturated rings. The van der Waals surface area contributed by atoms with Crippen LogP contribution in [0.3, 0.4) is 0 Å². The van der Waals surface area contributed by atoms with Crippen LogP contribution in [0.4, 0.5) is 0 Å². The summed E-state index contributed by atoms with van der Waals surface area (Å²) in [5.74, 6) is 2.05. The zero-order valence-electron chi connectivity index (χ0n) is 9.11. The van der Waals surface area contributed by atoms with Crippen molar-refractivity contribution in [2.24, 2.45) is 0 Å². The van der Waals surface area contributed by atoms with Gasteiger partial charge in [0.05, 0.1) is 5.82 Å². The Morgan fingerprint density at radius 3 is 3.00 bits per heavy atom. The Morgan fingerprint density at radius 1 is 1.29 bits per heavy atom. The first-order valence-corrected chi connectivity index (χ1v) is 6.23. The van der Waals surface area contributed by atoms with Crippen LogP contribution in [0.5, 0.6) is 0 Å². The standard InChI is InChI=1S/C12H11BrN3.Ir/c13-10-5-3-4-9(8-10)12-15-14-11-6-1-2-7-16(11)12;/h3,5,8H,1-2,6-7H2;/q-1;. The van der Waals surface area contributed by atoms with Crippen LogP contribution < -0.4 is 0 Å². The normalized spacial score (nSPS) is 13.9. The largest absolute Gasteiger partial charge is 0.351 e. The first kappa shape index (κ1) is 12.9. The summed E-state index contributed by atoms with van der Waals surface area (Å²) in [5, 5.41) is 8.51. The maximum Gasteiger partial charge on any atom is 0.124 e. The Hall–Kier alpha value is -0.511. The number of halogens is 1. The first-order valence-electron chi connectivity index (χ1n) is 5.44. The fourth-order valence-electron chi connectivity index (χ4n) is 2.08. The minimum absolute atomic E-state index is 0. The van der Waals surface area contributed by atoms with Gasteiger partial charge in [-0.2, -0.15) is 5.10 Å². The van der Waals surface area contributed by atoms with Gasteiger partial charge in [-0.3, -0.25) is 0 Å². The number of fused-ring (bicyclic) bond motifs is 1. The molecule has 0 unspecified atom stereocenters. The Balaban J connectivity index is 0.00000108. The molecule has 0 atom stereocenters. The van der Waals surface area contributed by atoms with E-state index in [1.165, 1.54) is 12.8 Å². The van der Waals surface area contributed by atoms with Crippen molar-refractivity contribution in [2.45, 2.75) is 25.8 Å². The third-order valence-corrected chi connectivity index (χ3v) is 3.36. The van der Waals surface area contributed by atoms with Gasteiger partial charge in [0.2, 0.25) is 0 Å². The van der Waals surface area contributed by atoms with Crippen molar-refractivity contribution >= 4 is 15.9 Å². The van der Waals surface area contributed by atoms with E-state index >= 15 is 0 Å². The van der Waals surface area contributed by atoms with Crippen LogP contribution >= 0.6 is 15.9 Å². The molecule has 3 nitrogen and oxygen atoms in total. The van der Waals surface area contributed by atoms with Gasteiger partial charge in [0.1, 0.15) is 5.82 Å². The summed E-state index contributed by atoms with van der Waals surface area (Å²) in [5.41, 5.74) is 1.01. The minimum atomic E-state index is 0. The van der Waals surface area contributed by atoms with Gasteiger partial charge >= 0.3 is 0 Å². The Kier molecular flexibility index (Phi) is 4.13. The molecule has 1 aliphatic heterocycles. The quantitative estimate of drug-likeness (QED) is 0.602. The second-order valence-electron chi connectivity index (χ2n) is 3.97. The molecule has 5 heteroatoms. The van der Waals surface area contributed by atoms with Crippen LogP contribution in [0.15, 0.2) is 22.7 Å². The molecule has 0 N–H and O–H groups in total. The van der Waals surface area contributed by atoms with E-state index in [-0.39, 0.29) is 20.1 Å². The van der Waals surface area contributed by atoms with Crippen molar-refractivity contribution in [1.29, 1.82) is 0 Å². The van der Waals surface area contributed by atoms with Crippen molar-refractivity contribution in [3.05, 3.63) is 34.6 Å². The summed E-state index contributed by atoms with van der Waals surface area (Å²) in [7, 11) is 0. The van der Waals surface area contributed by atoms with Crippen LogP contribution in [0.2, 0.25) is 0 Å². The van der Waals surface area contributed by atoms with Crippen LogP contribution in [-0.2, 0) is 33.1 Å². The summed E-state index contributed by atoms with van der Waals surface area (Å²) in [6.07, 6.45) is 3.48. The number of hydrogen-bond acceptors (Lipinski definition) is 2. The summed E-state index contributed by atoms with van der Waals surface area (Å²) in [6.45, 7) is 1.03. The third kappa shape index (κ3) is 2.51. The maximum absolute atomic E-state index is 4.27. The molecule has 1 aliphatic rings. The van der Waals surface area contributed by atoms with Crippen molar-refractivity contribution in [2.75, 3.05) is 0 Å². The van der Waals surface area contributed by atoms with Crippen molar-refractivity contribution in [3.8, 4) is 11.4 Å². The van der Waals surface area contributed by atoms with Crippen molar-refractivity contribution < 1.29 is 20.1 Å². The summed E-state index contributed by atoms with van der Waals surface area (Å²) < 4.78 is 3.26. The molecule has 2 aromatic rings. The van der Waals surface area contributed by atoms with Gasteiger partial charge in [0.25, 0.3) is 0 Å². The van der Waals surface area contributed by atoms with Crippen LogP contribution in [-0.4, -0.2) is 14.8 Å². The smallest absolute Gasteiger partial charge is 0.124 e. The van der Waals surface area contributed by atoms with E-state index in [1.54, 1.807) is 0 Å². The Labute approximate surface area is 122 Å². The molecule has 2 heterocycles. The molecule has 0 aliphatic carbocycles. The number of aromatic nitrogens is 3. The third-order valence-electron chi connectivity index (χ3n) is 2.86. The van der Waals surface area contributed by atoms with Gasteiger partial charge in [0.15, 0.2) is 0 Å². The first-order chi connectivity index (χ1) is 7.84. The molecule has 91 valence electrons. The Bertz CT molecular complexity index is 524. The van der Waals surface area contributed by atoms with Gasteiger partial charge in [-0.15, -0.1) is 34.9 Å². The van der Waals surface area contributed by atoms with Crippen LogP contribution in [0.1, 0.15) is 18.7 Å². The van der Waals surface area contributed by atoms with E-state index in [0.29, 0.717) is 0 Å². The van der Waals surface area contributed by atoms with Gasteiger partial charge in [0, 0.05) is 33.1 Å². The molecule has 1 radical (unpaired) electrons. The predicted octanol–water partition coefficient (Wildman–Crippen LogP) is 2.84. The zero-order valence-corrected chi connectivity index (χ0v) is 13.1. The molecule has 17 heavy (non-hydrogen) atoms. The summed E-state index contributed by atoms with van der Waals surface area (Å²) >= 11 is 3.47. The molecule has 0 amide bonds. The minimum Gasteiger partial charge on any atom is -0.351 e. The SMILES string of the molecule is Brc1cc[c-]c(-c2nnc3n2CCCC3)c1.[Ir]. The van der Waals surface area contributed by atoms with Gasteiger partial charge < -0.3 is 4.57 Å².